The van der Waals surface area contributed by atoms with Crippen molar-refractivity contribution in [1.29, 1.82) is 0 Å². The van der Waals surface area contributed by atoms with Crippen molar-refractivity contribution in [3.05, 3.63) is 52.0 Å². The van der Waals surface area contributed by atoms with E-state index in [4.69, 9.17) is 19.6 Å². The molecule has 2 N–H and O–H groups in total. The molecule has 3 aliphatic rings. The molecule has 2 aromatic heterocycles. The molecule has 3 heterocycles. The third kappa shape index (κ3) is 4.29. The van der Waals surface area contributed by atoms with Gasteiger partial charge in [-0.1, -0.05) is 42.8 Å². The summed E-state index contributed by atoms with van der Waals surface area (Å²) in [5, 5.41) is 2.02. The van der Waals surface area contributed by atoms with Crippen LogP contribution in [0.2, 0.25) is 0 Å². The van der Waals surface area contributed by atoms with Gasteiger partial charge in [0.2, 0.25) is 0 Å². The Hall–Kier alpha value is -3.46. The molecule has 2 saturated carbocycles. The van der Waals surface area contributed by atoms with Gasteiger partial charge in [-0.25, -0.2) is 4.79 Å². The molecule has 2 amide bonds. The fraction of sp³-hybridized carbons (Fsp3) is 0.471. The number of piperidine rings is 1. The number of carbonyl (C=O) groups excluding carboxylic acids is 2. The second-order valence-corrected chi connectivity index (χ2v) is 14.6. The van der Waals surface area contributed by atoms with E-state index >= 15 is 0 Å². The highest BCUT2D eigenvalue weighted by Gasteiger charge is 2.66. The quantitative estimate of drug-likeness (QED) is 0.232. The highest BCUT2D eigenvalue weighted by atomic mass is 79.9. The van der Waals surface area contributed by atoms with Crippen LogP contribution in [0.5, 0.6) is 5.75 Å². The average Bonchev–Trinajstić information content (AvgIpc) is 3.36. The number of primary amides is 1. The first-order valence-electron chi connectivity index (χ1n) is 15.1. The summed E-state index contributed by atoms with van der Waals surface area (Å²) < 4.78 is 21.6. The summed E-state index contributed by atoms with van der Waals surface area (Å²) in [4.78, 5) is 28.2. The van der Waals surface area contributed by atoms with E-state index in [0.29, 0.717) is 29.4 Å². The first kappa shape index (κ1) is 28.3. The number of fused-ring (bicyclic) bond motifs is 4. The lowest BCUT2D eigenvalue weighted by atomic mass is 9.70. The third-order valence-electron chi connectivity index (χ3n) is 10.2. The van der Waals surface area contributed by atoms with Crippen molar-refractivity contribution >= 4 is 49.8 Å². The number of likely N-dealkylation sites (tertiary alicyclic amines) is 1. The molecule has 1 saturated heterocycles. The SMILES string of the molecule is COc1cc(C(=O)N2CC3CCC2(C(C)(C)C)[C@@H]3OC(N)=O)cc2oc(-c3cc4ccc(Br)cc4n3CC3CC3)c(C)c12. The number of amides is 2. The molecule has 0 spiro atoms. The minimum atomic E-state index is -0.798. The maximum absolute atomic E-state index is 14.4. The summed E-state index contributed by atoms with van der Waals surface area (Å²) in [6, 6.07) is 12.2. The number of hydrogen-bond acceptors (Lipinski definition) is 5. The second-order valence-electron chi connectivity index (χ2n) is 13.6. The van der Waals surface area contributed by atoms with Crippen LogP contribution in [-0.4, -0.2) is 46.8 Å². The third-order valence-corrected chi connectivity index (χ3v) is 10.7. The van der Waals surface area contributed by atoms with Crippen molar-refractivity contribution in [2.24, 2.45) is 23.0 Å². The van der Waals surface area contributed by atoms with Crippen molar-refractivity contribution in [3.63, 3.8) is 0 Å². The van der Waals surface area contributed by atoms with Gasteiger partial charge in [0.15, 0.2) is 5.76 Å². The van der Waals surface area contributed by atoms with E-state index in [0.717, 1.165) is 51.6 Å². The number of ether oxygens (including phenoxy) is 2. The molecule has 4 aromatic rings. The first-order valence-corrected chi connectivity index (χ1v) is 15.9. The van der Waals surface area contributed by atoms with Gasteiger partial charge in [0.25, 0.3) is 5.91 Å². The molecule has 2 aliphatic carbocycles. The molecule has 43 heavy (non-hydrogen) atoms. The van der Waals surface area contributed by atoms with Gasteiger partial charge >= 0.3 is 6.09 Å². The van der Waals surface area contributed by atoms with E-state index in [1.807, 2.05) is 17.0 Å². The molecule has 3 atom stereocenters. The zero-order chi connectivity index (χ0) is 30.4. The average molecular weight is 649 g/mol. The molecular formula is C34H38BrN3O5. The second kappa shape index (κ2) is 9.78. The van der Waals surface area contributed by atoms with E-state index in [1.165, 1.54) is 18.4 Å². The Bertz CT molecular complexity index is 1800. The predicted octanol–water partition coefficient (Wildman–Crippen LogP) is 7.66. The molecule has 2 unspecified atom stereocenters. The van der Waals surface area contributed by atoms with Crippen LogP contribution >= 0.6 is 15.9 Å². The van der Waals surface area contributed by atoms with Crippen LogP contribution in [0.15, 0.2) is 45.3 Å². The Labute approximate surface area is 259 Å². The Morgan fingerprint density at radius 2 is 1.91 bits per heavy atom. The summed E-state index contributed by atoms with van der Waals surface area (Å²) in [5.74, 6) is 1.98. The fourth-order valence-corrected chi connectivity index (χ4v) is 8.30. The van der Waals surface area contributed by atoms with Gasteiger partial charge in [0, 0.05) is 45.5 Å². The van der Waals surface area contributed by atoms with Crippen LogP contribution < -0.4 is 10.5 Å². The van der Waals surface area contributed by atoms with E-state index in [2.05, 4.69) is 72.5 Å². The fourth-order valence-electron chi connectivity index (χ4n) is 7.95. The zero-order valence-corrected chi connectivity index (χ0v) is 26.9. The van der Waals surface area contributed by atoms with Crippen molar-refractivity contribution < 1.29 is 23.5 Å². The molecule has 2 bridgehead atoms. The van der Waals surface area contributed by atoms with Gasteiger partial charge in [0.05, 0.1) is 23.7 Å². The van der Waals surface area contributed by atoms with Crippen LogP contribution in [0.1, 0.15) is 62.4 Å². The van der Waals surface area contributed by atoms with Crippen molar-refractivity contribution in [2.75, 3.05) is 13.7 Å². The highest BCUT2D eigenvalue weighted by Crippen LogP contribution is 2.57. The number of benzene rings is 2. The largest absolute Gasteiger partial charge is 0.496 e. The number of nitrogens with zero attached hydrogens (tertiary/aromatic N) is 2. The standard InChI is InChI=1S/C34H38BrN3O5/c1-18-28-26(41-5)13-22(31(39)38-17-21-10-11-34(38,33(2,3)4)30(21)43-32(36)40)14-27(28)42-29(18)25-12-20-8-9-23(35)15-24(20)37(25)16-19-6-7-19/h8-9,12-15,19,21,30H,6-7,10-11,16-17H2,1-5H3,(H2,36,40)/t21?,30-,34?/m1/s1. The van der Waals surface area contributed by atoms with E-state index in [-0.39, 0.29) is 17.2 Å². The van der Waals surface area contributed by atoms with Gasteiger partial charge in [-0.05, 0) is 74.3 Å². The van der Waals surface area contributed by atoms with Gasteiger partial charge in [-0.2, -0.15) is 0 Å². The lowest BCUT2D eigenvalue weighted by Gasteiger charge is -2.49. The molecule has 7 rings (SSSR count). The molecular weight excluding hydrogens is 610 g/mol. The normalized spacial score (nSPS) is 23.4. The Balaban J connectivity index is 1.34. The predicted molar refractivity (Wildman–Crippen MR) is 169 cm³/mol. The maximum Gasteiger partial charge on any atom is 0.404 e. The molecule has 226 valence electrons. The van der Waals surface area contributed by atoms with Crippen molar-refractivity contribution in [2.45, 2.75) is 71.6 Å². The minimum Gasteiger partial charge on any atom is -0.496 e. The topological polar surface area (TPSA) is 99.9 Å². The van der Waals surface area contributed by atoms with Crippen LogP contribution in [-0.2, 0) is 11.3 Å². The number of rotatable bonds is 6. The number of halogens is 1. The summed E-state index contributed by atoms with van der Waals surface area (Å²) in [5.41, 5.74) is 8.76. The van der Waals surface area contributed by atoms with Gasteiger partial charge in [-0.15, -0.1) is 0 Å². The van der Waals surface area contributed by atoms with E-state index in [9.17, 15) is 9.59 Å². The van der Waals surface area contributed by atoms with Crippen LogP contribution in [0, 0.1) is 24.2 Å². The Morgan fingerprint density at radius 3 is 2.58 bits per heavy atom. The van der Waals surface area contributed by atoms with E-state index < -0.39 is 17.7 Å². The number of carbonyl (C=O) groups is 2. The van der Waals surface area contributed by atoms with Crippen LogP contribution in [0.4, 0.5) is 4.79 Å². The van der Waals surface area contributed by atoms with Gasteiger partial charge in [-0.3, -0.25) is 4.79 Å². The van der Waals surface area contributed by atoms with E-state index in [1.54, 1.807) is 7.11 Å². The smallest absolute Gasteiger partial charge is 0.404 e. The number of aryl methyl sites for hydroxylation is 1. The number of aromatic nitrogens is 1. The number of hydrogen-bond donors (Lipinski definition) is 1. The summed E-state index contributed by atoms with van der Waals surface area (Å²) >= 11 is 3.65. The first-order chi connectivity index (χ1) is 20.4. The minimum absolute atomic E-state index is 0.0483. The monoisotopic (exact) mass is 647 g/mol. The van der Waals surface area contributed by atoms with Crippen molar-refractivity contribution in [3.8, 4) is 17.2 Å². The summed E-state index contributed by atoms with van der Waals surface area (Å²) in [7, 11) is 1.63. The highest BCUT2D eigenvalue weighted by molar-refractivity contribution is 9.10. The van der Waals surface area contributed by atoms with Crippen molar-refractivity contribution in [1.82, 2.24) is 9.47 Å². The molecule has 0 radical (unpaired) electrons. The molecule has 2 aromatic carbocycles. The van der Waals surface area contributed by atoms with Gasteiger partial charge in [0.1, 0.15) is 17.4 Å². The maximum atomic E-state index is 14.4. The molecule has 8 nitrogen and oxygen atoms in total. The lowest BCUT2D eigenvalue weighted by molar-refractivity contribution is -0.0359. The van der Waals surface area contributed by atoms with Gasteiger partial charge < -0.3 is 29.1 Å². The molecule has 9 heteroatoms. The number of methoxy groups -OCH3 is 1. The Morgan fingerprint density at radius 1 is 1.14 bits per heavy atom. The van der Waals surface area contributed by atoms with Crippen LogP contribution in [0.25, 0.3) is 33.3 Å². The summed E-state index contributed by atoms with van der Waals surface area (Å²) in [6.07, 6.45) is 2.87. The number of furan rings is 1. The number of nitrogens with two attached hydrogens (primary N) is 1. The molecule has 3 fully saturated rings. The lowest BCUT2D eigenvalue weighted by Crippen LogP contribution is -2.60. The summed E-state index contributed by atoms with van der Waals surface area (Å²) in [6.45, 7) is 9.80. The van der Waals surface area contributed by atoms with Crippen LogP contribution in [0.3, 0.4) is 0 Å². The Kier molecular flexibility index (Phi) is 6.44. The molecule has 1 aliphatic heterocycles. The zero-order valence-electron chi connectivity index (χ0n) is 25.3.